The van der Waals surface area contributed by atoms with Crippen LogP contribution in [0.5, 0.6) is 0 Å². The smallest absolute Gasteiger partial charge is 0.352 e. The molecule has 0 atom stereocenters. The van der Waals surface area contributed by atoms with Gasteiger partial charge in [-0.25, -0.2) is 4.79 Å². The predicted octanol–water partition coefficient (Wildman–Crippen LogP) is 1.98. The number of aromatic nitrogens is 3. The van der Waals surface area contributed by atoms with Crippen molar-refractivity contribution in [2.45, 2.75) is 13.8 Å². The lowest BCUT2D eigenvalue weighted by Gasteiger charge is -2.07. The van der Waals surface area contributed by atoms with Crippen molar-refractivity contribution in [3.05, 3.63) is 47.5 Å². The number of hydrogen-bond donors (Lipinski definition) is 1. The maximum absolute atomic E-state index is 11.4. The van der Waals surface area contributed by atoms with Gasteiger partial charge >= 0.3 is 5.97 Å². The summed E-state index contributed by atoms with van der Waals surface area (Å²) in [5, 5.41) is 17.1. The van der Waals surface area contributed by atoms with Gasteiger partial charge < -0.3 is 5.11 Å². The Hall–Kier alpha value is -2.43. The van der Waals surface area contributed by atoms with Crippen LogP contribution in [0, 0.1) is 13.8 Å². The standard InChI is InChI=1S/C13H13N3O2/c1-9-14-15-10(2)16(9)12(13(17)18)8-11-6-4-3-5-7-11/h3-8H,1-2H3,(H,17,18)/b12-8-. The van der Waals surface area contributed by atoms with E-state index in [0.717, 1.165) is 5.56 Å². The summed E-state index contributed by atoms with van der Waals surface area (Å²) in [6.45, 7) is 3.45. The minimum atomic E-state index is -1.01. The van der Waals surface area contributed by atoms with Crippen molar-refractivity contribution in [3.8, 4) is 0 Å². The molecule has 1 heterocycles. The summed E-state index contributed by atoms with van der Waals surface area (Å²) in [7, 11) is 0. The van der Waals surface area contributed by atoms with Crippen LogP contribution in [0.25, 0.3) is 11.8 Å². The summed E-state index contributed by atoms with van der Waals surface area (Å²) >= 11 is 0. The molecule has 1 N–H and O–H groups in total. The maximum Gasteiger partial charge on any atom is 0.352 e. The number of aryl methyl sites for hydroxylation is 2. The molecule has 1 aromatic carbocycles. The van der Waals surface area contributed by atoms with E-state index in [4.69, 9.17) is 0 Å². The Morgan fingerprint density at radius 3 is 2.22 bits per heavy atom. The number of carbonyl (C=O) groups is 1. The highest BCUT2D eigenvalue weighted by Gasteiger charge is 2.15. The summed E-state index contributed by atoms with van der Waals surface area (Å²) in [4.78, 5) is 11.4. The monoisotopic (exact) mass is 243 g/mol. The quantitative estimate of drug-likeness (QED) is 0.837. The fourth-order valence-corrected chi connectivity index (χ4v) is 1.75. The summed E-state index contributed by atoms with van der Waals surface area (Å²) in [5.74, 6) is 0.0963. The Morgan fingerprint density at radius 2 is 1.72 bits per heavy atom. The molecule has 2 rings (SSSR count). The van der Waals surface area contributed by atoms with Gasteiger partial charge in [-0.3, -0.25) is 4.57 Å². The molecular formula is C13H13N3O2. The fraction of sp³-hybridized carbons (Fsp3) is 0.154. The van der Waals surface area contributed by atoms with E-state index >= 15 is 0 Å². The lowest BCUT2D eigenvalue weighted by Crippen LogP contribution is -2.10. The van der Waals surface area contributed by atoms with E-state index in [1.165, 1.54) is 4.57 Å². The van der Waals surface area contributed by atoms with E-state index in [0.29, 0.717) is 11.6 Å². The lowest BCUT2D eigenvalue weighted by atomic mass is 10.2. The third kappa shape index (κ3) is 2.29. The van der Waals surface area contributed by atoms with E-state index in [1.54, 1.807) is 19.9 Å². The highest BCUT2D eigenvalue weighted by atomic mass is 16.4. The van der Waals surface area contributed by atoms with Crippen LogP contribution in [0.2, 0.25) is 0 Å². The highest BCUT2D eigenvalue weighted by molar-refractivity contribution is 6.14. The molecule has 0 saturated heterocycles. The first-order chi connectivity index (χ1) is 8.59. The SMILES string of the molecule is Cc1nnc(C)n1/C(=C\c1ccccc1)C(=O)O. The van der Waals surface area contributed by atoms with Gasteiger partial charge in [0, 0.05) is 0 Å². The van der Waals surface area contributed by atoms with E-state index < -0.39 is 5.97 Å². The minimum absolute atomic E-state index is 0.140. The number of benzene rings is 1. The van der Waals surface area contributed by atoms with Crippen LogP contribution >= 0.6 is 0 Å². The van der Waals surface area contributed by atoms with Gasteiger partial charge in [-0.2, -0.15) is 0 Å². The molecule has 0 fully saturated rings. The van der Waals surface area contributed by atoms with Gasteiger partial charge in [0.25, 0.3) is 0 Å². The molecule has 5 nitrogen and oxygen atoms in total. The first-order valence-corrected chi connectivity index (χ1v) is 5.48. The predicted molar refractivity (Wildman–Crippen MR) is 67.7 cm³/mol. The summed E-state index contributed by atoms with van der Waals surface area (Å²) in [6.07, 6.45) is 1.60. The van der Waals surface area contributed by atoms with E-state index in [9.17, 15) is 9.90 Å². The van der Waals surface area contributed by atoms with Gasteiger partial charge in [0.05, 0.1) is 0 Å². The number of nitrogens with zero attached hydrogens (tertiary/aromatic N) is 3. The van der Waals surface area contributed by atoms with Crippen molar-refractivity contribution in [2.75, 3.05) is 0 Å². The molecule has 92 valence electrons. The van der Waals surface area contributed by atoms with E-state index in [1.807, 2.05) is 30.3 Å². The molecule has 0 unspecified atom stereocenters. The average molecular weight is 243 g/mol. The zero-order valence-corrected chi connectivity index (χ0v) is 10.2. The second-order valence-electron chi connectivity index (χ2n) is 3.88. The molecule has 0 aliphatic heterocycles. The zero-order chi connectivity index (χ0) is 13.1. The molecule has 0 spiro atoms. The third-order valence-corrected chi connectivity index (χ3v) is 2.55. The Morgan fingerprint density at radius 1 is 1.17 bits per heavy atom. The van der Waals surface area contributed by atoms with Crippen LogP contribution in [0.1, 0.15) is 17.2 Å². The summed E-state index contributed by atoms with van der Waals surface area (Å²) < 4.78 is 1.52. The highest BCUT2D eigenvalue weighted by Crippen LogP contribution is 2.15. The molecule has 0 amide bonds. The van der Waals surface area contributed by atoms with Crippen molar-refractivity contribution in [2.24, 2.45) is 0 Å². The zero-order valence-electron chi connectivity index (χ0n) is 10.2. The van der Waals surface area contributed by atoms with Crippen LogP contribution in [-0.4, -0.2) is 25.8 Å². The van der Waals surface area contributed by atoms with Crippen LogP contribution in [0.15, 0.2) is 30.3 Å². The molecule has 5 heteroatoms. The van der Waals surface area contributed by atoms with Gasteiger partial charge in [-0.1, -0.05) is 30.3 Å². The van der Waals surface area contributed by atoms with Crippen molar-refractivity contribution in [1.82, 2.24) is 14.8 Å². The van der Waals surface area contributed by atoms with Gasteiger partial charge in [-0.05, 0) is 25.5 Å². The Labute approximate surface area is 104 Å². The van der Waals surface area contributed by atoms with Crippen molar-refractivity contribution >= 4 is 17.7 Å². The van der Waals surface area contributed by atoms with Crippen molar-refractivity contribution < 1.29 is 9.90 Å². The minimum Gasteiger partial charge on any atom is -0.477 e. The van der Waals surface area contributed by atoms with E-state index in [2.05, 4.69) is 10.2 Å². The summed E-state index contributed by atoms with van der Waals surface area (Å²) in [5.41, 5.74) is 0.962. The van der Waals surface area contributed by atoms with Crippen LogP contribution in [0.4, 0.5) is 0 Å². The third-order valence-electron chi connectivity index (χ3n) is 2.55. The number of hydrogen-bond acceptors (Lipinski definition) is 3. The first-order valence-electron chi connectivity index (χ1n) is 5.48. The Bertz CT molecular complexity index is 580. The number of carboxylic acids is 1. The lowest BCUT2D eigenvalue weighted by molar-refractivity contribution is -0.130. The average Bonchev–Trinajstić information content (AvgIpc) is 2.67. The maximum atomic E-state index is 11.4. The fourth-order valence-electron chi connectivity index (χ4n) is 1.75. The summed E-state index contributed by atoms with van der Waals surface area (Å²) in [6, 6.07) is 9.29. The van der Waals surface area contributed by atoms with Gasteiger partial charge in [0.1, 0.15) is 17.3 Å². The van der Waals surface area contributed by atoms with Crippen LogP contribution in [-0.2, 0) is 4.79 Å². The van der Waals surface area contributed by atoms with E-state index in [-0.39, 0.29) is 5.70 Å². The Kier molecular flexibility index (Phi) is 3.23. The van der Waals surface area contributed by atoms with Crippen LogP contribution in [0.3, 0.4) is 0 Å². The molecule has 0 saturated carbocycles. The molecule has 0 aliphatic rings. The molecule has 0 radical (unpaired) electrons. The van der Waals surface area contributed by atoms with Crippen molar-refractivity contribution in [1.29, 1.82) is 0 Å². The topological polar surface area (TPSA) is 68.0 Å². The Balaban J connectivity index is 2.55. The van der Waals surface area contributed by atoms with Gasteiger partial charge in [-0.15, -0.1) is 10.2 Å². The molecule has 0 aliphatic carbocycles. The molecule has 18 heavy (non-hydrogen) atoms. The van der Waals surface area contributed by atoms with Crippen LogP contribution < -0.4 is 0 Å². The largest absolute Gasteiger partial charge is 0.477 e. The normalized spacial score (nSPS) is 11.6. The first kappa shape index (κ1) is 12.0. The second-order valence-corrected chi connectivity index (χ2v) is 3.88. The number of rotatable bonds is 3. The molecule has 2 aromatic rings. The molecule has 1 aromatic heterocycles. The number of carboxylic acid groups (broad SMARTS) is 1. The number of aliphatic carboxylic acids is 1. The molecular weight excluding hydrogens is 230 g/mol. The van der Waals surface area contributed by atoms with Gasteiger partial charge in [0.2, 0.25) is 0 Å². The second kappa shape index (κ2) is 4.83. The van der Waals surface area contributed by atoms with Crippen molar-refractivity contribution in [3.63, 3.8) is 0 Å². The van der Waals surface area contributed by atoms with Gasteiger partial charge in [0.15, 0.2) is 0 Å². The molecule has 0 bridgehead atoms.